The van der Waals surface area contributed by atoms with Gasteiger partial charge < -0.3 is 20.1 Å². The lowest BCUT2D eigenvalue weighted by atomic mass is 9.84. The highest BCUT2D eigenvalue weighted by atomic mass is 16.5. The summed E-state index contributed by atoms with van der Waals surface area (Å²) in [5.41, 5.74) is 6.04. The Bertz CT molecular complexity index is 322. The summed E-state index contributed by atoms with van der Waals surface area (Å²) in [5.74, 6) is -0.626. The van der Waals surface area contributed by atoms with Crippen molar-refractivity contribution in [1.82, 2.24) is 4.90 Å². The van der Waals surface area contributed by atoms with Gasteiger partial charge in [0, 0.05) is 19.7 Å². The zero-order chi connectivity index (χ0) is 15.0. The van der Waals surface area contributed by atoms with Crippen molar-refractivity contribution in [3.05, 3.63) is 0 Å². The highest BCUT2D eigenvalue weighted by molar-refractivity contribution is 5.84. The van der Waals surface area contributed by atoms with Crippen LogP contribution in [0.1, 0.15) is 32.6 Å². The van der Waals surface area contributed by atoms with Crippen molar-refractivity contribution in [1.29, 1.82) is 0 Å². The van der Waals surface area contributed by atoms with E-state index in [2.05, 4.69) is 0 Å². The Morgan fingerprint density at radius 1 is 1.30 bits per heavy atom. The van der Waals surface area contributed by atoms with Crippen LogP contribution in [0.5, 0.6) is 0 Å². The van der Waals surface area contributed by atoms with Crippen molar-refractivity contribution in [2.75, 3.05) is 33.4 Å². The summed E-state index contributed by atoms with van der Waals surface area (Å²) in [5, 5.41) is 0. The minimum Gasteiger partial charge on any atom is -0.465 e. The second-order valence-corrected chi connectivity index (χ2v) is 5.11. The number of carbonyl (C=O) groups excluding carboxylic acids is 2. The Hall–Kier alpha value is -1.14. The Morgan fingerprint density at radius 2 is 2.00 bits per heavy atom. The maximum Gasteiger partial charge on any atom is 0.325 e. The lowest BCUT2D eigenvalue weighted by molar-refractivity contribution is -0.151. The van der Waals surface area contributed by atoms with Crippen LogP contribution in [-0.2, 0) is 19.1 Å². The van der Waals surface area contributed by atoms with Crippen molar-refractivity contribution in [3.8, 4) is 0 Å². The van der Waals surface area contributed by atoms with Crippen molar-refractivity contribution < 1.29 is 19.1 Å². The number of ether oxygens (including phenoxy) is 2. The summed E-state index contributed by atoms with van der Waals surface area (Å²) in [6.45, 7) is 2.81. The molecule has 1 rings (SSSR count). The Labute approximate surface area is 120 Å². The molecule has 0 spiro atoms. The van der Waals surface area contributed by atoms with E-state index < -0.39 is 0 Å². The number of hydrogen-bond donors (Lipinski definition) is 1. The van der Waals surface area contributed by atoms with E-state index in [0.29, 0.717) is 19.8 Å². The average molecular weight is 286 g/mol. The van der Waals surface area contributed by atoms with Gasteiger partial charge in [0.15, 0.2) is 0 Å². The van der Waals surface area contributed by atoms with E-state index >= 15 is 0 Å². The number of hydrogen-bond acceptors (Lipinski definition) is 5. The molecule has 20 heavy (non-hydrogen) atoms. The summed E-state index contributed by atoms with van der Waals surface area (Å²) < 4.78 is 9.91. The maximum absolute atomic E-state index is 12.5. The lowest BCUT2D eigenvalue weighted by Gasteiger charge is -2.32. The van der Waals surface area contributed by atoms with E-state index in [-0.39, 0.29) is 30.4 Å². The monoisotopic (exact) mass is 286 g/mol. The second-order valence-electron chi connectivity index (χ2n) is 5.11. The molecule has 2 unspecified atom stereocenters. The van der Waals surface area contributed by atoms with Gasteiger partial charge in [-0.2, -0.15) is 0 Å². The van der Waals surface area contributed by atoms with Gasteiger partial charge >= 0.3 is 5.97 Å². The van der Waals surface area contributed by atoms with Crippen molar-refractivity contribution >= 4 is 11.9 Å². The lowest BCUT2D eigenvalue weighted by Crippen LogP contribution is -2.48. The van der Waals surface area contributed by atoms with Gasteiger partial charge in [0.1, 0.15) is 6.54 Å². The van der Waals surface area contributed by atoms with E-state index in [1.165, 1.54) is 4.90 Å². The largest absolute Gasteiger partial charge is 0.465 e. The van der Waals surface area contributed by atoms with Crippen molar-refractivity contribution in [2.45, 2.75) is 38.6 Å². The number of amides is 1. The summed E-state index contributed by atoms with van der Waals surface area (Å²) in [7, 11) is 1.57. The summed E-state index contributed by atoms with van der Waals surface area (Å²) in [6.07, 6.45) is 3.75. The molecule has 0 aromatic carbocycles. The first-order valence-electron chi connectivity index (χ1n) is 7.29. The van der Waals surface area contributed by atoms with Crippen LogP contribution in [0.25, 0.3) is 0 Å². The molecule has 116 valence electrons. The zero-order valence-electron chi connectivity index (χ0n) is 12.5. The fraction of sp³-hybridized carbons (Fsp3) is 0.857. The van der Waals surface area contributed by atoms with Crippen LogP contribution in [0, 0.1) is 5.92 Å². The highest BCUT2D eigenvalue weighted by Crippen LogP contribution is 2.24. The number of methoxy groups -OCH3 is 1. The maximum atomic E-state index is 12.5. The quantitative estimate of drug-likeness (QED) is 0.691. The van der Waals surface area contributed by atoms with Gasteiger partial charge in [0.2, 0.25) is 5.91 Å². The standard InChI is InChI=1S/C14H26N2O4/c1-3-20-13(17)10-16(8-9-19-2)14(18)11-6-4-5-7-12(11)15/h11-12H,3-10,15H2,1-2H3. The Balaban J connectivity index is 2.64. The van der Waals surface area contributed by atoms with E-state index in [1.54, 1.807) is 14.0 Å². The van der Waals surface area contributed by atoms with E-state index in [0.717, 1.165) is 25.7 Å². The fourth-order valence-corrected chi connectivity index (χ4v) is 2.53. The Morgan fingerprint density at radius 3 is 2.60 bits per heavy atom. The molecule has 2 N–H and O–H groups in total. The van der Waals surface area contributed by atoms with E-state index in [9.17, 15) is 9.59 Å². The third kappa shape index (κ3) is 5.09. The molecule has 0 aliphatic heterocycles. The molecule has 1 fully saturated rings. The SMILES string of the molecule is CCOC(=O)CN(CCOC)C(=O)C1CCCCC1N. The molecule has 1 aliphatic rings. The Kier molecular flexibility index (Phi) is 7.54. The molecule has 0 radical (unpaired) electrons. The predicted molar refractivity (Wildman–Crippen MR) is 75.0 cm³/mol. The smallest absolute Gasteiger partial charge is 0.325 e. The molecule has 0 bridgehead atoms. The molecule has 6 nitrogen and oxygen atoms in total. The van der Waals surface area contributed by atoms with Gasteiger partial charge in [-0.05, 0) is 19.8 Å². The molecule has 1 amide bonds. The second kappa shape index (κ2) is 8.92. The molecule has 0 heterocycles. The minimum absolute atomic E-state index is 0.0285. The first-order chi connectivity index (χ1) is 9.60. The average Bonchev–Trinajstić information content (AvgIpc) is 2.43. The van der Waals surface area contributed by atoms with Crippen LogP contribution in [-0.4, -0.2) is 56.2 Å². The van der Waals surface area contributed by atoms with Crippen molar-refractivity contribution in [3.63, 3.8) is 0 Å². The predicted octanol–water partition coefficient (Wildman–Crippen LogP) is 0.542. The minimum atomic E-state index is -0.388. The summed E-state index contributed by atoms with van der Waals surface area (Å²) >= 11 is 0. The first-order valence-corrected chi connectivity index (χ1v) is 7.29. The van der Waals surface area contributed by atoms with Gasteiger partial charge in [-0.1, -0.05) is 12.8 Å². The number of esters is 1. The third-order valence-corrected chi connectivity index (χ3v) is 3.64. The first kappa shape index (κ1) is 16.9. The number of carbonyl (C=O) groups is 2. The van der Waals surface area contributed by atoms with Crippen LogP contribution in [0.3, 0.4) is 0 Å². The van der Waals surface area contributed by atoms with Crippen LogP contribution < -0.4 is 5.73 Å². The molecule has 1 saturated carbocycles. The number of nitrogens with two attached hydrogens (primary N) is 1. The van der Waals surface area contributed by atoms with Crippen LogP contribution >= 0.6 is 0 Å². The molecule has 0 saturated heterocycles. The third-order valence-electron chi connectivity index (χ3n) is 3.64. The highest BCUT2D eigenvalue weighted by Gasteiger charge is 2.32. The van der Waals surface area contributed by atoms with E-state index in [4.69, 9.17) is 15.2 Å². The van der Waals surface area contributed by atoms with Crippen LogP contribution in [0.15, 0.2) is 0 Å². The van der Waals surface area contributed by atoms with Gasteiger partial charge in [-0.3, -0.25) is 9.59 Å². The molecule has 6 heteroatoms. The van der Waals surface area contributed by atoms with Gasteiger partial charge in [0.25, 0.3) is 0 Å². The molecule has 2 atom stereocenters. The van der Waals surface area contributed by atoms with Crippen LogP contribution in [0.2, 0.25) is 0 Å². The summed E-state index contributed by atoms with van der Waals surface area (Å²) in [6, 6.07) is -0.108. The van der Waals surface area contributed by atoms with E-state index in [1.807, 2.05) is 0 Å². The molecular formula is C14H26N2O4. The molecule has 0 aromatic rings. The summed E-state index contributed by atoms with van der Waals surface area (Å²) in [4.78, 5) is 25.6. The molecule has 0 aromatic heterocycles. The van der Waals surface area contributed by atoms with Crippen LogP contribution in [0.4, 0.5) is 0 Å². The zero-order valence-corrected chi connectivity index (χ0v) is 12.5. The van der Waals surface area contributed by atoms with Gasteiger partial charge in [-0.15, -0.1) is 0 Å². The fourth-order valence-electron chi connectivity index (χ4n) is 2.53. The number of rotatable bonds is 7. The normalized spacial score (nSPS) is 22.4. The topological polar surface area (TPSA) is 81.9 Å². The molecular weight excluding hydrogens is 260 g/mol. The van der Waals surface area contributed by atoms with Crippen molar-refractivity contribution in [2.24, 2.45) is 11.7 Å². The van der Waals surface area contributed by atoms with Gasteiger partial charge in [-0.25, -0.2) is 0 Å². The molecule has 1 aliphatic carbocycles. The number of nitrogens with zero attached hydrogens (tertiary/aromatic N) is 1. The van der Waals surface area contributed by atoms with Gasteiger partial charge in [0.05, 0.1) is 19.1 Å².